The van der Waals surface area contributed by atoms with Gasteiger partial charge in [0.05, 0.1) is 0 Å². The molecule has 0 atom stereocenters. The number of carboxylic acid groups (broad SMARTS) is 1. The summed E-state index contributed by atoms with van der Waals surface area (Å²) in [7, 11) is 0. The summed E-state index contributed by atoms with van der Waals surface area (Å²) in [5, 5.41) is 12.6. The molecule has 0 aromatic rings. The zero-order valence-corrected chi connectivity index (χ0v) is 11.0. The third-order valence-electron chi connectivity index (χ3n) is 3.01. The van der Waals surface area contributed by atoms with Gasteiger partial charge in [-0.2, -0.15) is 0 Å². The van der Waals surface area contributed by atoms with E-state index in [0.29, 0.717) is 0 Å². The highest BCUT2D eigenvalue weighted by Gasteiger charge is 2.35. The fourth-order valence-electron chi connectivity index (χ4n) is 2.15. The molecule has 0 saturated heterocycles. The van der Waals surface area contributed by atoms with Crippen LogP contribution in [0.5, 0.6) is 0 Å². The summed E-state index contributed by atoms with van der Waals surface area (Å²) >= 11 is 0. The maximum absolute atomic E-state index is 11.4. The van der Waals surface area contributed by atoms with Gasteiger partial charge in [-0.1, -0.05) is 46.5 Å². The molecule has 0 saturated carbocycles. The lowest BCUT2D eigenvalue weighted by Gasteiger charge is -2.30. The van der Waals surface area contributed by atoms with E-state index in [1.54, 1.807) is 0 Å². The van der Waals surface area contributed by atoms with Crippen LogP contribution in [0.3, 0.4) is 0 Å². The van der Waals surface area contributed by atoms with Crippen LogP contribution in [-0.2, 0) is 4.79 Å². The Morgan fingerprint density at radius 3 is 2.00 bits per heavy atom. The predicted molar refractivity (Wildman–Crippen MR) is 67.7 cm³/mol. The number of carboxylic acids is 1. The van der Waals surface area contributed by atoms with Crippen molar-refractivity contribution >= 4 is 5.97 Å². The molecule has 96 valence electrons. The molecule has 0 rings (SSSR count). The van der Waals surface area contributed by atoms with E-state index in [4.69, 9.17) is 0 Å². The van der Waals surface area contributed by atoms with Crippen molar-refractivity contribution in [1.29, 1.82) is 0 Å². The van der Waals surface area contributed by atoms with Gasteiger partial charge in [-0.25, -0.2) is 0 Å². The van der Waals surface area contributed by atoms with Gasteiger partial charge in [0.25, 0.3) is 0 Å². The minimum absolute atomic E-state index is 0.683. The third-order valence-corrected chi connectivity index (χ3v) is 3.01. The molecule has 3 heteroatoms. The van der Waals surface area contributed by atoms with E-state index in [9.17, 15) is 9.90 Å². The average Bonchev–Trinajstić information content (AvgIpc) is 2.24. The summed E-state index contributed by atoms with van der Waals surface area (Å²) in [5.41, 5.74) is -0.683. The van der Waals surface area contributed by atoms with Crippen LogP contribution in [0.4, 0.5) is 0 Å². The molecule has 0 radical (unpaired) electrons. The molecule has 0 aromatic heterocycles. The second-order valence-corrected chi connectivity index (χ2v) is 4.52. The predicted octanol–water partition coefficient (Wildman–Crippen LogP) is 3.19. The molecule has 0 aliphatic heterocycles. The first-order valence-electron chi connectivity index (χ1n) is 6.61. The topological polar surface area (TPSA) is 49.3 Å². The first-order valence-corrected chi connectivity index (χ1v) is 6.61. The summed E-state index contributed by atoms with van der Waals surface area (Å²) in [6.07, 6.45) is 6.67. The Balaban J connectivity index is 4.30. The summed E-state index contributed by atoms with van der Waals surface area (Å²) in [4.78, 5) is 11.4. The molecule has 0 unspecified atom stereocenters. The summed E-state index contributed by atoms with van der Waals surface area (Å²) in [6, 6.07) is 0. The number of rotatable bonds is 10. The first kappa shape index (κ1) is 15.4. The maximum Gasteiger partial charge on any atom is 0.323 e. The Kier molecular flexibility index (Phi) is 8.26. The van der Waals surface area contributed by atoms with Crippen molar-refractivity contribution in [3.63, 3.8) is 0 Å². The second kappa shape index (κ2) is 8.57. The van der Waals surface area contributed by atoms with Crippen molar-refractivity contribution < 1.29 is 9.90 Å². The monoisotopic (exact) mass is 229 g/mol. The Morgan fingerprint density at radius 2 is 1.62 bits per heavy atom. The second-order valence-electron chi connectivity index (χ2n) is 4.52. The van der Waals surface area contributed by atoms with E-state index in [-0.39, 0.29) is 0 Å². The highest BCUT2D eigenvalue weighted by Crippen LogP contribution is 2.20. The van der Waals surface area contributed by atoms with Gasteiger partial charge in [-0.05, 0) is 25.8 Å². The van der Waals surface area contributed by atoms with Crippen molar-refractivity contribution in [1.82, 2.24) is 5.32 Å². The zero-order valence-electron chi connectivity index (χ0n) is 11.0. The van der Waals surface area contributed by atoms with Crippen molar-refractivity contribution in [2.45, 2.75) is 71.3 Å². The van der Waals surface area contributed by atoms with Crippen LogP contribution in [0, 0.1) is 0 Å². The van der Waals surface area contributed by atoms with E-state index in [1.165, 1.54) is 12.8 Å². The molecule has 0 bridgehead atoms. The molecule has 0 aliphatic rings. The van der Waals surface area contributed by atoms with E-state index >= 15 is 0 Å². The molecule has 0 fully saturated rings. The summed E-state index contributed by atoms with van der Waals surface area (Å²) in [5.74, 6) is -0.687. The van der Waals surface area contributed by atoms with Crippen LogP contribution in [0.25, 0.3) is 0 Å². The first-order chi connectivity index (χ1) is 7.63. The smallest absolute Gasteiger partial charge is 0.323 e. The standard InChI is InChI=1S/C13H27NO2/c1-4-7-8-11-14-13(9-5-2,10-6-3)12(15)16/h14H,4-11H2,1-3H3,(H,15,16). The molecule has 0 spiro atoms. The molecule has 0 amide bonds. The lowest BCUT2D eigenvalue weighted by molar-refractivity contribution is -0.145. The van der Waals surface area contributed by atoms with Crippen LogP contribution in [0.2, 0.25) is 0 Å². The normalized spacial score (nSPS) is 11.7. The summed E-state index contributed by atoms with van der Waals surface area (Å²) < 4.78 is 0. The quantitative estimate of drug-likeness (QED) is 0.566. The average molecular weight is 229 g/mol. The largest absolute Gasteiger partial charge is 0.480 e. The maximum atomic E-state index is 11.4. The van der Waals surface area contributed by atoms with Crippen LogP contribution in [-0.4, -0.2) is 23.2 Å². The van der Waals surface area contributed by atoms with Crippen LogP contribution < -0.4 is 5.32 Å². The van der Waals surface area contributed by atoms with Crippen LogP contribution in [0.1, 0.15) is 65.7 Å². The highest BCUT2D eigenvalue weighted by molar-refractivity contribution is 5.78. The van der Waals surface area contributed by atoms with Gasteiger partial charge < -0.3 is 10.4 Å². The van der Waals surface area contributed by atoms with Crippen LogP contribution >= 0.6 is 0 Å². The molecule has 0 aliphatic carbocycles. The number of nitrogens with one attached hydrogen (secondary N) is 1. The molecular formula is C13H27NO2. The molecule has 0 aromatic carbocycles. The Labute approximate surface area is 99.6 Å². The zero-order chi connectivity index (χ0) is 12.4. The molecule has 3 nitrogen and oxygen atoms in total. The van der Waals surface area contributed by atoms with E-state index in [2.05, 4.69) is 12.2 Å². The van der Waals surface area contributed by atoms with Crippen molar-refractivity contribution in [3.8, 4) is 0 Å². The van der Waals surface area contributed by atoms with Gasteiger partial charge in [0.2, 0.25) is 0 Å². The highest BCUT2D eigenvalue weighted by atomic mass is 16.4. The Bertz CT molecular complexity index is 186. The van der Waals surface area contributed by atoms with Crippen molar-refractivity contribution in [2.24, 2.45) is 0 Å². The van der Waals surface area contributed by atoms with E-state index < -0.39 is 11.5 Å². The number of carbonyl (C=O) groups is 1. The summed E-state index contributed by atoms with van der Waals surface area (Å²) in [6.45, 7) is 7.06. The van der Waals surface area contributed by atoms with Gasteiger partial charge in [-0.3, -0.25) is 4.79 Å². The SMILES string of the molecule is CCCCCNC(CCC)(CCC)C(=O)O. The number of aliphatic carboxylic acids is 1. The minimum atomic E-state index is -0.687. The van der Waals surface area contributed by atoms with E-state index in [0.717, 1.165) is 38.6 Å². The Hall–Kier alpha value is -0.570. The Morgan fingerprint density at radius 1 is 1.06 bits per heavy atom. The van der Waals surface area contributed by atoms with Gasteiger partial charge in [0.15, 0.2) is 0 Å². The number of unbranched alkanes of at least 4 members (excludes halogenated alkanes) is 2. The lowest BCUT2D eigenvalue weighted by atomic mass is 9.88. The molecule has 16 heavy (non-hydrogen) atoms. The minimum Gasteiger partial charge on any atom is -0.480 e. The van der Waals surface area contributed by atoms with Gasteiger partial charge in [-0.15, -0.1) is 0 Å². The molecular weight excluding hydrogens is 202 g/mol. The fraction of sp³-hybridized carbons (Fsp3) is 0.923. The molecule has 2 N–H and O–H groups in total. The molecule has 0 heterocycles. The lowest BCUT2D eigenvalue weighted by Crippen LogP contribution is -2.52. The number of hydrogen-bond donors (Lipinski definition) is 2. The van der Waals surface area contributed by atoms with E-state index in [1.807, 2.05) is 13.8 Å². The number of hydrogen-bond acceptors (Lipinski definition) is 2. The van der Waals surface area contributed by atoms with Gasteiger partial charge in [0, 0.05) is 0 Å². The van der Waals surface area contributed by atoms with Gasteiger partial charge >= 0.3 is 5.97 Å². The third kappa shape index (κ3) is 4.97. The van der Waals surface area contributed by atoms with Crippen molar-refractivity contribution in [2.75, 3.05) is 6.54 Å². The van der Waals surface area contributed by atoms with Crippen LogP contribution in [0.15, 0.2) is 0 Å². The van der Waals surface area contributed by atoms with Gasteiger partial charge in [0.1, 0.15) is 5.54 Å². The van der Waals surface area contributed by atoms with Crippen molar-refractivity contribution in [3.05, 3.63) is 0 Å². The fourth-order valence-corrected chi connectivity index (χ4v) is 2.15.